The molecule has 1 heterocycles. The summed E-state index contributed by atoms with van der Waals surface area (Å²) >= 11 is 0. The van der Waals surface area contributed by atoms with Crippen LogP contribution in [0, 0.1) is 5.92 Å². The molecule has 1 fully saturated rings. The maximum Gasteiger partial charge on any atom is 0.234 e. The SMILES string of the molecule is CCCC[C@]12C(=O)N(C(C)(C)C)[C@@H](c3ccccc3)[C@@H]1C=Cc1ccccc12. The van der Waals surface area contributed by atoms with E-state index in [1.807, 2.05) is 0 Å². The van der Waals surface area contributed by atoms with E-state index in [1.54, 1.807) is 0 Å². The molecule has 146 valence electrons. The van der Waals surface area contributed by atoms with Crippen molar-refractivity contribution in [1.82, 2.24) is 4.90 Å². The Morgan fingerprint density at radius 2 is 1.68 bits per heavy atom. The van der Waals surface area contributed by atoms with Crippen LogP contribution in [0.1, 0.15) is 69.7 Å². The highest BCUT2D eigenvalue weighted by Crippen LogP contribution is 2.58. The summed E-state index contributed by atoms with van der Waals surface area (Å²) in [5.41, 5.74) is 2.95. The summed E-state index contributed by atoms with van der Waals surface area (Å²) in [6.07, 6.45) is 7.62. The highest BCUT2D eigenvalue weighted by atomic mass is 16.2. The third-order valence-corrected chi connectivity index (χ3v) is 6.50. The first kappa shape index (κ1) is 19.0. The number of carbonyl (C=O) groups excluding carboxylic acids is 1. The minimum absolute atomic E-state index is 0.0650. The predicted octanol–water partition coefficient (Wildman–Crippen LogP) is 6.14. The molecular formula is C26H31NO. The molecule has 0 saturated carbocycles. The van der Waals surface area contributed by atoms with Crippen molar-refractivity contribution in [3.05, 3.63) is 77.4 Å². The summed E-state index contributed by atoms with van der Waals surface area (Å²) < 4.78 is 0. The number of hydrogen-bond acceptors (Lipinski definition) is 1. The number of hydrogen-bond donors (Lipinski definition) is 0. The Hall–Kier alpha value is -2.35. The second-order valence-electron chi connectivity index (χ2n) is 9.25. The van der Waals surface area contributed by atoms with E-state index in [9.17, 15) is 4.79 Å². The van der Waals surface area contributed by atoms with Gasteiger partial charge in [-0.1, -0.05) is 86.5 Å². The van der Waals surface area contributed by atoms with Gasteiger partial charge >= 0.3 is 0 Å². The fourth-order valence-electron chi connectivity index (χ4n) is 5.33. The summed E-state index contributed by atoms with van der Waals surface area (Å²) in [6.45, 7) is 8.72. The lowest BCUT2D eigenvalue weighted by molar-refractivity contribution is -0.138. The summed E-state index contributed by atoms with van der Waals surface area (Å²) in [6, 6.07) is 19.2. The molecule has 0 bridgehead atoms. The Morgan fingerprint density at radius 1 is 1.00 bits per heavy atom. The van der Waals surface area contributed by atoms with E-state index < -0.39 is 5.41 Å². The molecule has 2 aromatic carbocycles. The van der Waals surface area contributed by atoms with Crippen LogP contribution in [0.25, 0.3) is 6.08 Å². The van der Waals surface area contributed by atoms with E-state index in [4.69, 9.17) is 0 Å². The van der Waals surface area contributed by atoms with Gasteiger partial charge in [0, 0.05) is 11.5 Å². The van der Waals surface area contributed by atoms with Gasteiger partial charge in [0.25, 0.3) is 0 Å². The predicted molar refractivity (Wildman–Crippen MR) is 116 cm³/mol. The topological polar surface area (TPSA) is 20.3 Å². The average molecular weight is 374 g/mol. The zero-order chi connectivity index (χ0) is 19.9. The second kappa shape index (κ2) is 6.92. The van der Waals surface area contributed by atoms with Gasteiger partial charge in [-0.05, 0) is 43.9 Å². The van der Waals surface area contributed by atoms with Crippen LogP contribution in [0.3, 0.4) is 0 Å². The lowest BCUT2D eigenvalue weighted by Crippen LogP contribution is -2.48. The van der Waals surface area contributed by atoms with Crippen LogP contribution in [0.5, 0.6) is 0 Å². The van der Waals surface area contributed by atoms with E-state index in [2.05, 4.69) is 99.3 Å². The Bertz CT molecular complexity index is 892. The van der Waals surface area contributed by atoms with Crippen molar-refractivity contribution in [2.45, 2.75) is 64.0 Å². The van der Waals surface area contributed by atoms with E-state index in [0.29, 0.717) is 5.91 Å². The molecule has 0 spiro atoms. The highest BCUT2D eigenvalue weighted by Gasteiger charge is 2.62. The fourth-order valence-corrected chi connectivity index (χ4v) is 5.33. The molecule has 0 unspecified atom stereocenters. The number of carbonyl (C=O) groups is 1. The van der Waals surface area contributed by atoms with E-state index in [1.165, 1.54) is 16.7 Å². The second-order valence-corrected chi connectivity index (χ2v) is 9.25. The number of likely N-dealkylation sites (tertiary alicyclic amines) is 1. The van der Waals surface area contributed by atoms with Crippen molar-refractivity contribution in [3.8, 4) is 0 Å². The largest absolute Gasteiger partial charge is 0.329 e. The van der Waals surface area contributed by atoms with Crippen molar-refractivity contribution in [2.24, 2.45) is 5.92 Å². The summed E-state index contributed by atoms with van der Waals surface area (Å²) in [4.78, 5) is 16.4. The van der Waals surface area contributed by atoms with Crippen LogP contribution in [-0.4, -0.2) is 16.3 Å². The van der Waals surface area contributed by atoms with E-state index >= 15 is 0 Å². The summed E-state index contributed by atoms with van der Waals surface area (Å²) in [5.74, 6) is 0.451. The lowest BCUT2D eigenvalue weighted by Gasteiger charge is -2.38. The third-order valence-electron chi connectivity index (χ3n) is 6.50. The maximum absolute atomic E-state index is 14.3. The number of amides is 1. The van der Waals surface area contributed by atoms with Crippen LogP contribution in [0.4, 0.5) is 0 Å². The molecule has 2 aromatic rings. The molecule has 2 aliphatic rings. The van der Waals surface area contributed by atoms with Crippen LogP contribution < -0.4 is 0 Å². The van der Waals surface area contributed by atoms with Gasteiger partial charge in [-0.25, -0.2) is 0 Å². The van der Waals surface area contributed by atoms with Gasteiger partial charge in [0.1, 0.15) is 0 Å². The van der Waals surface area contributed by atoms with Crippen LogP contribution in [0.2, 0.25) is 0 Å². The fraction of sp³-hybridized carbons (Fsp3) is 0.423. The minimum atomic E-state index is -0.463. The quantitative estimate of drug-likeness (QED) is 0.630. The average Bonchev–Trinajstić information content (AvgIpc) is 2.96. The van der Waals surface area contributed by atoms with E-state index in [0.717, 1.165) is 19.3 Å². The minimum Gasteiger partial charge on any atom is -0.329 e. The molecule has 0 radical (unpaired) electrons. The molecule has 0 aromatic heterocycles. The molecule has 1 aliphatic carbocycles. The van der Waals surface area contributed by atoms with E-state index in [-0.39, 0.29) is 17.5 Å². The van der Waals surface area contributed by atoms with Crippen LogP contribution >= 0.6 is 0 Å². The molecular weight excluding hydrogens is 342 g/mol. The summed E-state index contributed by atoms with van der Waals surface area (Å²) in [7, 11) is 0. The Kier molecular flexibility index (Phi) is 4.69. The number of unbranched alkanes of at least 4 members (excludes halogenated alkanes) is 1. The van der Waals surface area contributed by atoms with Gasteiger partial charge < -0.3 is 4.90 Å². The smallest absolute Gasteiger partial charge is 0.234 e. The zero-order valence-electron chi connectivity index (χ0n) is 17.5. The number of rotatable bonds is 4. The van der Waals surface area contributed by atoms with Crippen molar-refractivity contribution in [2.75, 3.05) is 0 Å². The first-order chi connectivity index (χ1) is 13.4. The first-order valence-electron chi connectivity index (χ1n) is 10.6. The van der Waals surface area contributed by atoms with Gasteiger partial charge in [-0.2, -0.15) is 0 Å². The van der Waals surface area contributed by atoms with Gasteiger partial charge in [-0.15, -0.1) is 0 Å². The molecule has 4 rings (SSSR count). The maximum atomic E-state index is 14.3. The van der Waals surface area contributed by atoms with Gasteiger partial charge in [0.2, 0.25) is 5.91 Å². The van der Waals surface area contributed by atoms with Gasteiger partial charge in [0.05, 0.1) is 11.5 Å². The molecule has 1 amide bonds. The van der Waals surface area contributed by atoms with Crippen LogP contribution in [0.15, 0.2) is 60.7 Å². The number of fused-ring (bicyclic) bond motifs is 3. The standard InChI is InChI=1S/C26H31NO/c1-5-6-18-26-21-15-11-10-12-19(21)16-17-22(26)23(20-13-8-7-9-14-20)27(24(26)28)25(2,3)4/h7-17,22-23H,5-6,18H2,1-4H3/t22-,23-,26+/m0/s1. The van der Waals surface area contributed by atoms with Gasteiger partial charge in [-0.3, -0.25) is 4.79 Å². The Labute approximate surface area is 169 Å². The first-order valence-corrected chi connectivity index (χ1v) is 10.6. The van der Waals surface area contributed by atoms with Gasteiger partial charge in [0.15, 0.2) is 0 Å². The molecule has 1 aliphatic heterocycles. The Balaban J connectivity index is 1.97. The molecule has 28 heavy (non-hydrogen) atoms. The normalized spacial score (nSPS) is 26.3. The van der Waals surface area contributed by atoms with Crippen molar-refractivity contribution >= 4 is 12.0 Å². The Morgan fingerprint density at radius 3 is 2.36 bits per heavy atom. The lowest BCUT2D eigenvalue weighted by atomic mass is 9.63. The monoisotopic (exact) mass is 373 g/mol. The number of nitrogens with zero attached hydrogens (tertiary/aromatic N) is 1. The molecule has 3 atom stereocenters. The molecule has 2 nitrogen and oxygen atoms in total. The summed E-state index contributed by atoms with van der Waals surface area (Å²) in [5, 5.41) is 0. The highest BCUT2D eigenvalue weighted by molar-refractivity contribution is 5.95. The zero-order valence-corrected chi connectivity index (χ0v) is 17.5. The van der Waals surface area contributed by atoms with Crippen molar-refractivity contribution < 1.29 is 4.79 Å². The third kappa shape index (κ3) is 2.73. The number of benzene rings is 2. The molecule has 2 heteroatoms. The van der Waals surface area contributed by atoms with Crippen molar-refractivity contribution in [1.29, 1.82) is 0 Å². The van der Waals surface area contributed by atoms with Crippen molar-refractivity contribution in [3.63, 3.8) is 0 Å². The molecule has 0 N–H and O–H groups in total. The molecule has 1 saturated heterocycles. The van der Waals surface area contributed by atoms with Crippen LogP contribution in [-0.2, 0) is 10.2 Å².